The van der Waals surface area contributed by atoms with Crippen LogP contribution in [0.25, 0.3) is 0 Å². The third-order valence-corrected chi connectivity index (χ3v) is 4.10. The summed E-state index contributed by atoms with van der Waals surface area (Å²) in [5.41, 5.74) is 4.23. The Hall–Kier alpha value is -1.88. The second-order valence-electron chi connectivity index (χ2n) is 4.87. The van der Waals surface area contributed by atoms with Crippen LogP contribution < -0.4 is 5.32 Å². The smallest absolute Gasteiger partial charge is 0.194 e. The molecular formula is C16H22N4S. The van der Waals surface area contributed by atoms with Crippen LogP contribution in [0.4, 0.5) is 0 Å². The summed E-state index contributed by atoms with van der Waals surface area (Å²) in [6.45, 7) is 6.50. The lowest BCUT2D eigenvalue weighted by atomic mass is 10.2. The molecule has 1 aromatic carbocycles. The zero-order valence-corrected chi connectivity index (χ0v) is 13.7. The van der Waals surface area contributed by atoms with E-state index in [0.717, 1.165) is 24.7 Å². The summed E-state index contributed by atoms with van der Waals surface area (Å²) in [6, 6.07) is 10.4. The van der Waals surface area contributed by atoms with Crippen molar-refractivity contribution in [1.82, 2.24) is 15.2 Å². The summed E-state index contributed by atoms with van der Waals surface area (Å²) in [7, 11) is 2.06. The zero-order chi connectivity index (χ0) is 15.1. The molecule has 0 unspecified atom stereocenters. The Bertz CT molecular complexity index is 577. The highest BCUT2D eigenvalue weighted by molar-refractivity contribution is 7.09. The van der Waals surface area contributed by atoms with Gasteiger partial charge in [0.15, 0.2) is 5.96 Å². The number of hydrogen-bond acceptors (Lipinski definition) is 3. The van der Waals surface area contributed by atoms with E-state index < -0.39 is 0 Å². The SMILES string of the molecule is CCNC(=NCc1scnc1C)N(C)Cc1ccccc1. The van der Waals surface area contributed by atoms with Gasteiger partial charge in [-0.1, -0.05) is 30.3 Å². The van der Waals surface area contributed by atoms with Crippen LogP contribution in [0.1, 0.15) is 23.1 Å². The van der Waals surface area contributed by atoms with Crippen molar-refractivity contribution >= 4 is 17.3 Å². The number of aliphatic imine (C=N–C) groups is 1. The van der Waals surface area contributed by atoms with E-state index in [-0.39, 0.29) is 0 Å². The number of aromatic nitrogens is 1. The third kappa shape index (κ3) is 4.56. The molecule has 2 rings (SSSR count). The highest BCUT2D eigenvalue weighted by Crippen LogP contribution is 2.13. The van der Waals surface area contributed by atoms with Crippen molar-refractivity contribution in [3.63, 3.8) is 0 Å². The Morgan fingerprint density at radius 1 is 1.33 bits per heavy atom. The molecule has 0 saturated heterocycles. The Kier molecular flexibility index (Phi) is 5.75. The number of hydrogen-bond donors (Lipinski definition) is 1. The first-order chi connectivity index (χ1) is 10.2. The van der Waals surface area contributed by atoms with Crippen LogP contribution in [0.3, 0.4) is 0 Å². The van der Waals surface area contributed by atoms with Gasteiger partial charge in [0, 0.05) is 25.0 Å². The lowest BCUT2D eigenvalue weighted by Gasteiger charge is -2.22. The number of guanidine groups is 1. The standard InChI is InChI=1S/C16H22N4S/c1-4-17-16(18-10-15-13(2)19-12-21-15)20(3)11-14-8-6-5-7-9-14/h5-9,12H,4,10-11H2,1-3H3,(H,17,18). The first-order valence-electron chi connectivity index (χ1n) is 7.13. The van der Waals surface area contributed by atoms with Gasteiger partial charge in [-0.05, 0) is 19.4 Å². The fourth-order valence-electron chi connectivity index (χ4n) is 2.03. The number of nitrogens with zero attached hydrogens (tertiary/aromatic N) is 3. The van der Waals surface area contributed by atoms with E-state index in [4.69, 9.17) is 4.99 Å². The van der Waals surface area contributed by atoms with Crippen molar-refractivity contribution in [3.8, 4) is 0 Å². The van der Waals surface area contributed by atoms with Gasteiger partial charge in [-0.15, -0.1) is 11.3 Å². The molecule has 0 radical (unpaired) electrons. The maximum absolute atomic E-state index is 4.71. The summed E-state index contributed by atoms with van der Waals surface area (Å²) >= 11 is 1.66. The largest absolute Gasteiger partial charge is 0.357 e. The van der Waals surface area contributed by atoms with Crippen LogP contribution in [0, 0.1) is 6.92 Å². The molecule has 0 amide bonds. The lowest BCUT2D eigenvalue weighted by molar-refractivity contribution is 0.477. The summed E-state index contributed by atoms with van der Waals surface area (Å²) in [6.07, 6.45) is 0. The van der Waals surface area contributed by atoms with Gasteiger partial charge in [-0.3, -0.25) is 0 Å². The number of benzene rings is 1. The fourth-order valence-corrected chi connectivity index (χ4v) is 2.73. The lowest BCUT2D eigenvalue weighted by Crippen LogP contribution is -2.38. The number of aryl methyl sites for hydroxylation is 1. The molecule has 0 saturated carbocycles. The van der Waals surface area contributed by atoms with Gasteiger partial charge >= 0.3 is 0 Å². The second kappa shape index (κ2) is 7.78. The molecule has 1 N–H and O–H groups in total. The van der Waals surface area contributed by atoms with Crippen LogP contribution in [-0.2, 0) is 13.1 Å². The van der Waals surface area contributed by atoms with E-state index in [1.807, 2.05) is 18.5 Å². The Morgan fingerprint density at radius 2 is 2.10 bits per heavy atom. The molecule has 1 aromatic heterocycles. The molecule has 1 heterocycles. The summed E-state index contributed by atoms with van der Waals surface area (Å²) in [5.74, 6) is 0.925. The first-order valence-corrected chi connectivity index (χ1v) is 8.01. The topological polar surface area (TPSA) is 40.5 Å². The highest BCUT2D eigenvalue weighted by Gasteiger charge is 2.07. The van der Waals surface area contributed by atoms with Crippen molar-refractivity contribution in [3.05, 3.63) is 52.0 Å². The van der Waals surface area contributed by atoms with Crippen molar-refractivity contribution in [2.45, 2.75) is 26.9 Å². The molecule has 0 aliphatic heterocycles. The molecule has 0 spiro atoms. The van der Waals surface area contributed by atoms with Gasteiger partial charge in [-0.25, -0.2) is 9.98 Å². The van der Waals surface area contributed by atoms with Gasteiger partial charge in [-0.2, -0.15) is 0 Å². The average molecular weight is 302 g/mol. The zero-order valence-electron chi connectivity index (χ0n) is 12.8. The number of rotatable bonds is 5. The maximum atomic E-state index is 4.71. The number of nitrogens with one attached hydrogen (secondary N) is 1. The van der Waals surface area contributed by atoms with E-state index in [1.54, 1.807) is 11.3 Å². The van der Waals surface area contributed by atoms with Gasteiger partial charge in [0.2, 0.25) is 0 Å². The predicted molar refractivity (Wildman–Crippen MR) is 89.6 cm³/mol. The maximum Gasteiger partial charge on any atom is 0.194 e. The molecule has 0 bridgehead atoms. The van der Waals surface area contributed by atoms with Gasteiger partial charge < -0.3 is 10.2 Å². The normalized spacial score (nSPS) is 11.5. The van der Waals surface area contributed by atoms with Gasteiger partial charge in [0.05, 0.1) is 17.7 Å². The molecule has 112 valence electrons. The van der Waals surface area contributed by atoms with Crippen molar-refractivity contribution in [2.75, 3.05) is 13.6 Å². The Balaban J connectivity index is 2.05. The minimum absolute atomic E-state index is 0.679. The Morgan fingerprint density at radius 3 is 2.71 bits per heavy atom. The van der Waals surface area contributed by atoms with E-state index in [0.29, 0.717) is 6.54 Å². The molecule has 21 heavy (non-hydrogen) atoms. The van der Waals surface area contributed by atoms with E-state index in [1.165, 1.54) is 10.4 Å². The van der Waals surface area contributed by atoms with Crippen molar-refractivity contribution in [2.24, 2.45) is 4.99 Å². The molecule has 0 atom stereocenters. The molecular weight excluding hydrogens is 280 g/mol. The van der Waals surface area contributed by atoms with E-state index in [9.17, 15) is 0 Å². The summed E-state index contributed by atoms with van der Waals surface area (Å²) in [4.78, 5) is 12.4. The van der Waals surface area contributed by atoms with Crippen LogP contribution in [0.2, 0.25) is 0 Å². The molecule has 0 fully saturated rings. The van der Waals surface area contributed by atoms with Gasteiger partial charge in [0.25, 0.3) is 0 Å². The predicted octanol–water partition coefficient (Wildman–Crippen LogP) is 3.05. The van der Waals surface area contributed by atoms with Gasteiger partial charge in [0.1, 0.15) is 0 Å². The Labute approximate surface area is 130 Å². The number of thiazole rings is 1. The highest BCUT2D eigenvalue weighted by atomic mass is 32.1. The monoisotopic (exact) mass is 302 g/mol. The fraction of sp³-hybridized carbons (Fsp3) is 0.375. The average Bonchev–Trinajstić information content (AvgIpc) is 2.90. The van der Waals surface area contributed by atoms with Crippen LogP contribution in [0.15, 0.2) is 40.8 Å². The minimum atomic E-state index is 0.679. The quantitative estimate of drug-likeness (QED) is 0.682. The molecule has 2 aromatic rings. The second-order valence-corrected chi connectivity index (χ2v) is 5.81. The minimum Gasteiger partial charge on any atom is -0.357 e. The van der Waals surface area contributed by atoms with E-state index >= 15 is 0 Å². The molecule has 0 aliphatic rings. The summed E-state index contributed by atoms with van der Waals surface area (Å²) in [5, 5.41) is 3.34. The summed E-state index contributed by atoms with van der Waals surface area (Å²) < 4.78 is 0. The van der Waals surface area contributed by atoms with Crippen molar-refractivity contribution < 1.29 is 0 Å². The molecule has 0 aliphatic carbocycles. The van der Waals surface area contributed by atoms with E-state index in [2.05, 4.69) is 53.4 Å². The molecule has 4 nitrogen and oxygen atoms in total. The van der Waals surface area contributed by atoms with Crippen LogP contribution in [-0.4, -0.2) is 29.4 Å². The van der Waals surface area contributed by atoms with Crippen molar-refractivity contribution in [1.29, 1.82) is 0 Å². The van der Waals surface area contributed by atoms with Crippen LogP contribution in [0.5, 0.6) is 0 Å². The third-order valence-electron chi connectivity index (χ3n) is 3.18. The molecule has 5 heteroatoms. The van der Waals surface area contributed by atoms with Crippen LogP contribution >= 0.6 is 11.3 Å². The first kappa shape index (κ1) is 15.5.